The minimum Gasteiger partial charge on any atom is -0.489 e. The number of halogens is 1. The molecule has 2 aromatic rings. The van der Waals surface area contributed by atoms with Gasteiger partial charge in [0.25, 0.3) is 0 Å². The summed E-state index contributed by atoms with van der Waals surface area (Å²) < 4.78 is 33.8. The molecular formula is C22H26ClN3O4S. The standard InChI is InChI=1S/C22H26ClN3O4S/c1-15-5-4-6-19(16(15)2)24-7-9-25(10-8-24)31(28,29)22-14-21-20(13-18(22)23)26(17(3)27)11-12-30-21/h4-6,13-14H,7-12H2,1-3H3. The SMILES string of the molecule is CC(=O)N1CCOc2cc(S(=O)(=O)N3CCN(c4cccc(C)c4C)CC3)c(Cl)cc21. The maximum absolute atomic E-state index is 13.4. The van der Waals surface area contributed by atoms with Crippen LogP contribution >= 0.6 is 11.6 Å². The van der Waals surface area contributed by atoms with Crippen molar-refractivity contribution < 1.29 is 17.9 Å². The lowest BCUT2D eigenvalue weighted by atomic mass is 10.1. The molecule has 2 heterocycles. The number of hydrogen-bond acceptors (Lipinski definition) is 5. The van der Waals surface area contributed by atoms with E-state index in [1.165, 1.54) is 34.5 Å². The van der Waals surface area contributed by atoms with E-state index in [4.69, 9.17) is 16.3 Å². The first kappa shape index (κ1) is 21.9. The van der Waals surface area contributed by atoms with Crippen LogP contribution in [0.3, 0.4) is 0 Å². The topological polar surface area (TPSA) is 70.2 Å². The van der Waals surface area contributed by atoms with Crippen molar-refractivity contribution in [2.45, 2.75) is 25.7 Å². The number of benzene rings is 2. The molecule has 0 spiro atoms. The first-order valence-corrected chi connectivity index (χ1v) is 12.1. The van der Waals surface area contributed by atoms with Crippen molar-refractivity contribution in [1.29, 1.82) is 0 Å². The number of fused-ring (bicyclic) bond motifs is 1. The zero-order valence-corrected chi connectivity index (χ0v) is 19.5. The largest absolute Gasteiger partial charge is 0.489 e. The Balaban J connectivity index is 1.57. The van der Waals surface area contributed by atoms with Gasteiger partial charge in [0.15, 0.2) is 0 Å². The van der Waals surface area contributed by atoms with Gasteiger partial charge in [-0.25, -0.2) is 8.42 Å². The molecule has 0 N–H and O–H groups in total. The molecule has 1 saturated heterocycles. The van der Waals surface area contributed by atoms with E-state index in [0.29, 0.717) is 50.8 Å². The van der Waals surface area contributed by atoms with Gasteiger partial charge >= 0.3 is 0 Å². The van der Waals surface area contributed by atoms with Crippen molar-refractivity contribution in [3.05, 3.63) is 46.5 Å². The number of hydrogen-bond donors (Lipinski definition) is 0. The number of anilines is 2. The van der Waals surface area contributed by atoms with Crippen molar-refractivity contribution in [3.63, 3.8) is 0 Å². The molecule has 0 saturated carbocycles. The number of amides is 1. The van der Waals surface area contributed by atoms with Gasteiger partial charge in [-0.15, -0.1) is 0 Å². The van der Waals surface area contributed by atoms with Gasteiger partial charge in [0.05, 0.1) is 17.3 Å². The van der Waals surface area contributed by atoms with Gasteiger partial charge in [0.1, 0.15) is 17.3 Å². The molecule has 0 bridgehead atoms. The van der Waals surface area contributed by atoms with Gasteiger partial charge < -0.3 is 14.5 Å². The predicted octanol–water partition coefficient (Wildman–Crippen LogP) is 3.21. The Morgan fingerprint density at radius 1 is 1.03 bits per heavy atom. The quantitative estimate of drug-likeness (QED) is 0.699. The Hall–Kier alpha value is -2.29. The third-order valence-electron chi connectivity index (χ3n) is 6.03. The summed E-state index contributed by atoms with van der Waals surface area (Å²) in [5.74, 6) is 0.220. The molecule has 0 radical (unpaired) electrons. The van der Waals surface area contributed by atoms with E-state index in [-0.39, 0.29) is 15.8 Å². The molecule has 2 aliphatic rings. The molecule has 7 nitrogen and oxygen atoms in total. The number of piperazine rings is 1. The second-order valence-corrected chi connectivity index (χ2v) is 10.2. The lowest BCUT2D eigenvalue weighted by molar-refractivity contribution is -0.116. The van der Waals surface area contributed by atoms with Gasteiger partial charge in [-0.2, -0.15) is 4.31 Å². The van der Waals surface area contributed by atoms with Crippen LogP contribution in [0.5, 0.6) is 5.75 Å². The summed E-state index contributed by atoms with van der Waals surface area (Å²) in [6.07, 6.45) is 0. The van der Waals surface area contributed by atoms with E-state index in [1.807, 2.05) is 6.07 Å². The fourth-order valence-electron chi connectivity index (χ4n) is 4.13. The van der Waals surface area contributed by atoms with Gasteiger partial charge in [0.2, 0.25) is 15.9 Å². The van der Waals surface area contributed by atoms with Gasteiger partial charge in [-0.1, -0.05) is 23.7 Å². The Kier molecular flexibility index (Phi) is 5.89. The number of carbonyl (C=O) groups is 1. The minimum atomic E-state index is -3.80. The van der Waals surface area contributed by atoms with E-state index >= 15 is 0 Å². The lowest BCUT2D eigenvalue weighted by Crippen LogP contribution is -2.49. The zero-order valence-electron chi connectivity index (χ0n) is 17.9. The molecule has 31 heavy (non-hydrogen) atoms. The maximum Gasteiger partial charge on any atom is 0.244 e. The fourth-order valence-corrected chi connectivity index (χ4v) is 6.06. The lowest BCUT2D eigenvalue weighted by Gasteiger charge is -2.36. The van der Waals surface area contributed by atoms with Gasteiger partial charge in [0, 0.05) is 44.9 Å². The number of sulfonamides is 1. The van der Waals surface area contributed by atoms with Crippen molar-refractivity contribution in [2.24, 2.45) is 0 Å². The predicted molar refractivity (Wildman–Crippen MR) is 122 cm³/mol. The molecule has 0 aromatic heterocycles. The minimum absolute atomic E-state index is 0.0125. The Morgan fingerprint density at radius 3 is 2.42 bits per heavy atom. The van der Waals surface area contributed by atoms with E-state index in [0.717, 1.165) is 5.69 Å². The van der Waals surface area contributed by atoms with Crippen LogP contribution in [-0.4, -0.2) is 58.0 Å². The van der Waals surface area contributed by atoms with E-state index in [2.05, 4.69) is 30.9 Å². The molecule has 9 heteroatoms. The first-order chi connectivity index (χ1) is 14.7. The van der Waals surface area contributed by atoms with Crippen LogP contribution in [0, 0.1) is 13.8 Å². The number of rotatable bonds is 3. The molecule has 0 aliphatic carbocycles. The molecule has 1 amide bonds. The van der Waals surface area contributed by atoms with E-state index < -0.39 is 10.0 Å². The summed E-state index contributed by atoms with van der Waals surface area (Å²) >= 11 is 6.39. The summed E-state index contributed by atoms with van der Waals surface area (Å²) in [4.78, 5) is 15.7. The fraction of sp³-hybridized carbons (Fsp3) is 0.409. The van der Waals surface area contributed by atoms with Crippen LogP contribution in [0.15, 0.2) is 35.2 Å². The monoisotopic (exact) mass is 463 g/mol. The second kappa shape index (κ2) is 8.33. The molecular weight excluding hydrogens is 438 g/mol. The molecule has 0 atom stereocenters. The number of aryl methyl sites for hydroxylation is 1. The Labute approximate surface area is 188 Å². The highest BCUT2D eigenvalue weighted by Gasteiger charge is 2.33. The zero-order chi connectivity index (χ0) is 22.3. The first-order valence-electron chi connectivity index (χ1n) is 10.3. The molecule has 2 aromatic carbocycles. The van der Waals surface area contributed by atoms with Crippen LogP contribution in [-0.2, 0) is 14.8 Å². The Bertz CT molecular complexity index is 1130. The molecule has 0 unspecified atom stereocenters. The highest BCUT2D eigenvalue weighted by Crippen LogP contribution is 2.39. The number of nitrogens with zero attached hydrogens (tertiary/aromatic N) is 3. The third kappa shape index (κ3) is 4.00. The smallest absolute Gasteiger partial charge is 0.244 e. The van der Waals surface area contributed by atoms with Gasteiger partial charge in [-0.05, 0) is 37.1 Å². The average Bonchev–Trinajstić information content (AvgIpc) is 2.74. The molecule has 4 rings (SSSR count). The van der Waals surface area contributed by atoms with Crippen LogP contribution in [0.25, 0.3) is 0 Å². The maximum atomic E-state index is 13.4. The van der Waals surface area contributed by atoms with Crippen LogP contribution < -0.4 is 14.5 Å². The molecule has 1 fully saturated rings. The van der Waals surface area contributed by atoms with Crippen LogP contribution in [0.1, 0.15) is 18.1 Å². The molecule has 2 aliphatic heterocycles. The van der Waals surface area contributed by atoms with Crippen LogP contribution in [0.4, 0.5) is 11.4 Å². The van der Waals surface area contributed by atoms with Crippen molar-refractivity contribution in [3.8, 4) is 5.75 Å². The summed E-state index contributed by atoms with van der Waals surface area (Å²) in [6.45, 7) is 8.27. The van der Waals surface area contributed by atoms with Crippen molar-refractivity contribution >= 4 is 38.9 Å². The van der Waals surface area contributed by atoms with Crippen LogP contribution in [0.2, 0.25) is 5.02 Å². The highest BCUT2D eigenvalue weighted by molar-refractivity contribution is 7.89. The Morgan fingerprint density at radius 2 is 1.74 bits per heavy atom. The second-order valence-electron chi connectivity index (χ2n) is 7.88. The number of carbonyl (C=O) groups excluding carboxylic acids is 1. The number of ether oxygens (including phenoxy) is 1. The van der Waals surface area contributed by atoms with Crippen molar-refractivity contribution in [2.75, 3.05) is 49.1 Å². The summed E-state index contributed by atoms with van der Waals surface area (Å²) in [5, 5.41) is 0.0902. The average molecular weight is 464 g/mol. The van der Waals surface area contributed by atoms with Gasteiger partial charge in [-0.3, -0.25) is 4.79 Å². The summed E-state index contributed by atoms with van der Waals surface area (Å²) in [7, 11) is -3.80. The van der Waals surface area contributed by atoms with Crippen molar-refractivity contribution in [1.82, 2.24) is 4.31 Å². The van der Waals surface area contributed by atoms with E-state index in [1.54, 1.807) is 4.90 Å². The molecule has 166 valence electrons. The van der Waals surface area contributed by atoms with E-state index in [9.17, 15) is 13.2 Å². The normalized spacial score (nSPS) is 17.3. The summed E-state index contributed by atoms with van der Waals surface area (Å²) in [6, 6.07) is 9.13. The third-order valence-corrected chi connectivity index (χ3v) is 8.39. The highest BCUT2D eigenvalue weighted by atomic mass is 35.5. The summed E-state index contributed by atoms with van der Waals surface area (Å²) in [5.41, 5.74) is 4.07.